The molecule has 0 spiro atoms. The Morgan fingerprint density at radius 3 is 2.03 bits per heavy atom. The smallest absolute Gasteiger partial charge is 0.255 e. The number of piperidine rings is 3. The molecule has 3 aliphatic rings. The molecule has 0 bridgehead atoms. The molecule has 0 unspecified atom stereocenters. The predicted molar refractivity (Wildman–Crippen MR) is 149 cm³/mol. The molecule has 6 rings (SSSR count). The van der Waals surface area contributed by atoms with Gasteiger partial charge in [0.15, 0.2) is 0 Å². The van der Waals surface area contributed by atoms with Crippen LogP contribution in [0, 0.1) is 5.92 Å². The molecule has 3 aliphatic heterocycles. The van der Waals surface area contributed by atoms with E-state index in [1.807, 2.05) is 12.1 Å². The SMILES string of the molecule is C=C([C@@H]1CCCN(C2CCN(C(=O)c3c4ccccc4cc4ccccc34)CC2)C1)N1CCCCC1. The van der Waals surface area contributed by atoms with Crippen LogP contribution in [0.1, 0.15) is 55.3 Å². The van der Waals surface area contributed by atoms with E-state index in [4.69, 9.17) is 0 Å². The van der Waals surface area contributed by atoms with Gasteiger partial charge in [-0.05, 0) is 79.1 Å². The van der Waals surface area contributed by atoms with Crippen molar-refractivity contribution in [2.24, 2.45) is 5.92 Å². The summed E-state index contributed by atoms with van der Waals surface area (Å²) in [5.74, 6) is 0.787. The molecule has 3 saturated heterocycles. The van der Waals surface area contributed by atoms with Crippen molar-refractivity contribution in [3.05, 3.63) is 72.4 Å². The highest BCUT2D eigenvalue weighted by atomic mass is 16.2. The first-order chi connectivity index (χ1) is 17.7. The van der Waals surface area contributed by atoms with Crippen molar-refractivity contribution in [2.75, 3.05) is 39.3 Å². The van der Waals surface area contributed by atoms with Crippen molar-refractivity contribution in [3.63, 3.8) is 0 Å². The highest BCUT2D eigenvalue weighted by Gasteiger charge is 2.33. The van der Waals surface area contributed by atoms with E-state index < -0.39 is 0 Å². The minimum absolute atomic E-state index is 0.191. The molecule has 0 radical (unpaired) electrons. The van der Waals surface area contributed by atoms with Crippen molar-refractivity contribution in [2.45, 2.75) is 51.0 Å². The maximum atomic E-state index is 13.9. The molecule has 3 fully saturated rings. The van der Waals surface area contributed by atoms with Gasteiger partial charge in [0.1, 0.15) is 0 Å². The van der Waals surface area contributed by atoms with E-state index in [2.05, 4.69) is 63.7 Å². The second-order valence-corrected chi connectivity index (χ2v) is 11.1. The number of hydrogen-bond donors (Lipinski definition) is 0. The van der Waals surface area contributed by atoms with E-state index in [1.54, 1.807) is 0 Å². The molecule has 3 aromatic rings. The summed E-state index contributed by atoms with van der Waals surface area (Å²) >= 11 is 0. The van der Waals surface area contributed by atoms with E-state index in [1.165, 1.54) is 57.4 Å². The summed E-state index contributed by atoms with van der Waals surface area (Å²) in [6, 6.07) is 19.4. The minimum atomic E-state index is 0.191. The maximum Gasteiger partial charge on any atom is 0.255 e. The van der Waals surface area contributed by atoms with Gasteiger partial charge < -0.3 is 9.80 Å². The molecule has 4 nitrogen and oxygen atoms in total. The Kier molecular flexibility index (Phi) is 6.71. The zero-order valence-corrected chi connectivity index (χ0v) is 21.5. The average Bonchev–Trinajstić information content (AvgIpc) is 2.96. The minimum Gasteiger partial charge on any atom is -0.375 e. The fraction of sp³-hybridized carbons (Fsp3) is 0.469. The van der Waals surface area contributed by atoms with Gasteiger partial charge in [-0.15, -0.1) is 0 Å². The van der Waals surface area contributed by atoms with Crippen LogP contribution >= 0.6 is 0 Å². The number of nitrogens with zero attached hydrogens (tertiary/aromatic N) is 3. The van der Waals surface area contributed by atoms with Crippen LogP contribution in [0.3, 0.4) is 0 Å². The van der Waals surface area contributed by atoms with Crippen LogP contribution in [0.2, 0.25) is 0 Å². The summed E-state index contributed by atoms with van der Waals surface area (Å²) in [7, 11) is 0. The average molecular weight is 482 g/mol. The Balaban J connectivity index is 1.15. The number of rotatable bonds is 4. The Bertz CT molecular complexity index is 1200. The van der Waals surface area contributed by atoms with E-state index >= 15 is 0 Å². The lowest BCUT2D eigenvalue weighted by Gasteiger charge is -2.44. The molecule has 0 aliphatic carbocycles. The number of amides is 1. The van der Waals surface area contributed by atoms with Crippen molar-refractivity contribution in [1.82, 2.24) is 14.7 Å². The molecule has 1 amide bonds. The first kappa shape index (κ1) is 23.5. The lowest BCUT2D eigenvalue weighted by atomic mass is 9.90. The summed E-state index contributed by atoms with van der Waals surface area (Å²) in [5, 5.41) is 4.42. The molecule has 0 aromatic heterocycles. The number of likely N-dealkylation sites (tertiary alicyclic amines) is 3. The quantitative estimate of drug-likeness (QED) is 0.409. The van der Waals surface area contributed by atoms with Gasteiger partial charge in [-0.2, -0.15) is 0 Å². The normalized spacial score (nSPS) is 22.3. The highest BCUT2D eigenvalue weighted by molar-refractivity contribution is 6.18. The predicted octanol–water partition coefficient (Wildman–Crippen LogP) is 6.31. The summed E-state index contributed by atoms with van der Waals surface area (Å²) in [6.45, 7) is 10.9. The van der Waals surface area contributed by atoms with Gasteiger partial charge in [-0.1, -0.05) is 55.1 Å². The van der Waals surface area contributed by atoms with Gasteiger partial charge in [0.05, 0.1) is 5.56 Å². The van der Waals surface area contributed by atoms with Crippen LogP contribution < -0.4 is 0 Å². The van der Waals surface area contributed by atoms with Crippen LogP contribution in [-0.4, -0.2) is 65.9 Å². The second kappa shape index (κ2) is 10.3. The monoisotopic (exact) mass is 481 g/mol. The molecule has 36 heavy (non-hydrogen) atoms. The maximum absolute atomic E-state index is 13.9. The first-order valence-corrected chi connectivity index (χ1v) is 14.1. The van der Waals surface area contributed by atoms with Crippen LogP contribution in [0.4, 0.5) is 0 Å². The molecule has 0 saturated carbocycles. The molecule has 0 N–H and O–H groups in total. The second-order valence-electron chi connectivity index (χ2n) is 11.1. The van der Waals surface area contributed by atoms with E-state index in [0.29, 0.717) is 12.0 Å². The third kappa shape index (κ3) is 4.52. The largest absolute Gasteiger partial charge is 0.375 e. The summed E-state index contributed by atoms with van der Waals surface area (Å²) < 4.78 is 0. The zero-order valence-electron chi connectivity index (χ0n) is 21.5. The van der Waals surface area contributed by atoms with Crippen molar-refractivity contribution >= 4 is 27.5 Å². The Labute approximate surface area is 215 Å². The number of carbonyl (C=O) groups excluding carboxylic acids is 1. The number of benzene rings is 3. The fourth-order valence-electron chi connectivity index (χ4n) is 6.89. The zero-order chi connectivity index (χ0) is 24.5. The van der Waals surface area contributed by atoms with Gasteiger partial charge in [0.25, 0.3) is 5.91 Å². The van der Waals surface area contributed by atoms with Crippen LogP contribution in [0.5, 0.6) is 0 Å². The van der Waals surface area contributed by atoms with Gasteiger partial charge in [-0.3, -0.25) is 9.69 Å². The number of carbonyl (C=O) groups is 1. The van der Waals surface area contributed by atoms with Gasteiger partial charge in [0.2, 0.25) is 0 Å². The third-order valence-electron chi connectivity index (χ3n) is 8.94. The third-order valence-corrected chi connectivity index (χ3v) is 8.94. The topological polar surface area (TPSA) is 26.8 Å². The lowest BCUT2D eigenvalue weighted by molar-refractivity contribution is 0.0532. The number of hydrogen-bond acceptors (Lipinski definition) is 3. The Hall–Kier alpha value is -2.85. The lowest BCUT2D eigenvalue weighted by Crippen LogP contribution is -2.50. The molecule has 3 aromatic carbocycles. The Morgan fingerprint density at radius 2 is 1.36 bits per heavy atom. The van der Waals surface area contributed by atoms with Gasteiger partial charge >= 0.3 is 0 Å². The van der Waals surface area contributed by atoms with Gasteiger partial charge in [0, 0.05) is 50.4 Å². The van der Waals surface area contributed by atoms with Crippen LogP contribution in [0.15, 0.2) is 66.9 Å². The standard InChI is InChI=1S/C32H39N3O/c1-24(33-17-7-2-8-18-33)27-12-9-19-35(23-27)28-15-20-34(21-16-28)32(36)31-29-13-5-3-10-25(29)22-26-11-4-6-14-30(26)31/h3-6,10-11,13-14,22,27-28H,1-2,7-9,12,15-21,23H2/t27-/m1/s1. The van der Waals surface area contributed by atoms with E-state index in [-0.39, 0.29) is 5.91 Å². The van der Waals surface area contributed by atoms with Gasteiger partial charge in [-0.25, -0.2) is 0 Å². The van der Waals surface area contributed by atoms with Crippen LogP contribution in [-0.2, 0) is 0 Å². The Morgan fingerprint density at radius 1 is 0.722 bits per heavy atom. The molecule has 3 heterocycles. The summed E-state index contributed by atoms with van der Waals surface area (Å²) in [6.07, 6.45) is 8.67. The van der Waals surface area contributed by atoms with Crippen molar-refractivity contribution in [3.8, 4) is 0 Å². The molecule has 1 atom stereocenters. The molecule has 188 valence electrons. The molecular weight excluding hydrogens is 442 g/mol. The molecular formula is C32H39N3O. The first-order valence-electron chi connectivity index (χ1n) is 14.1. The number of fused-ring (bicyclic) bond motifs is 2. The van der Waals surface area contributed by atoms with E-state index in [9.17, 15) is 4.79 Å². The molecule has 4 heteroatoms. The van der Waals surface area contributed by atoms with E-state index in [0.717, 1.165) is 59.6 Å². The van der Waals surface area contributed by atoms with Crippen molar-refractivity contribution in [1.29, 1.82) is 0 Å². The highest BCUT2D eigenvalue weighted by Crippen LogP contribution is 2.33. The summed E-state index contributed by atoms with van der Waals surface area (Å²) in [4.78, 5) is 21.3. The van der Waals surface area contributed by atoms with Crippen LogP contribution in [0.25, 0.3) is 21.5 Å². The van der Waals surface area contributed by atoms with Crippen molar-refractivity contribution < 1.29 is 4.79 Å². The fourth-order valence-corrected chi connectivity index (χ4v) is 6.89. The summed E-state index contributed by atoms with van der Waals surface area (Å²) in [5.41, 5.74) is 2.26.